The second kappa shape index (κ2) is 12.9. The van der Waals surface area contributed by atoms with Crippen molar-refractivity contribution in [2.45, 2.75) is 51.9 Å². The van der Waals surface area contributed by atoms with E-state index in [2.05, 4.69) is 22.9 Å². The van der Waals surface area contributed by atoms with E-state index in [0.29, 0.717) is 19.5 Å². The zero-order valence-electron chi connectivity index (χ0n) is 13.1. The molecule has 2 amide bonds. The van der Waals surface area contributed by atoms with Gasteiger partial charge in [0.2, 0.25) is 11.8 Å². The average Bonchev–Trinajstić information content (AvgIpc) is 2.48. The quantitative estimate of drug-likeness (QED) is 0.565. The molecule has 1 aliphatic carbocycles. The lowest BCUT2D eigenvalue weighted by atomic mass is 9.89. The Morgan fingerprint density at radius 3 is 2.33 bits per heavy atom. The fraction of sp³-hybridized carbons (Fsp3) is 0.867. The first-order valence-corrected chi connectivity index (χ1v) is 7.99. The molecule has 1 fully saturated rings. The molecule has 0 aromatic rings. The summed E-state index contributed by atoms with van der Waals surface area (Å²) in [5.41, 5.74) is 0. The molecule has 5 nitrogen and oxygen atoms in total. The molecule has 3 N–H and O–H groups in total. The first-order valence-electron chi connectivity index (χ1n) is 7.99. The highest BCUT2D eigenvalue weighted by Crippen LogP contribution is 2.23. The van der Waals surface area contributed by atoms with E-state index in [1.165, 1.54) is 6.42 Å². The smallest absolute Gasteiger partial charge is 0.223 e. The molecule has 0 unspecified atom stereocenters. The maximum Gasteiger partial charge on any atom is 0.223 e. The summed E-state index contributed by atoms with van der Waals surface area (Å²) in [5, 5.41) is 8.94. The van der Waals surface area contributed by atoms with Crippen LogP contribution in [0.3, 0.4) is 0 Å². The molecule has 0 bridgehead atoms. The van der Waals surface area contributed by atoms with Crippen molar-refractivity contribution in [3.8, 4) is 0 Å². The molecule has 0 spiro atoms. The molecule has 0 heterocycles. The van der Waals surface area contributed by atoms with Crippen LogP contribution in [0.4, 0.5) is 0 Å². The van der Waals surface area contributed by atoms with Gasteiger partial charge in [-0.1, -0.05) is 26.2 Å². The van der Waals surface area contributed by atoms with Gasteiger partial charge in [0.15, 0.2) is 0 Å². The first-order chi connectivity index (χ1) is 9.74. The summed E-state index contributed by atoms with van der Waals surface area (Å²) in [6, 6.07) is 0. The van der Waals surface area contributed by atoms with Crippen molar-refractivity contribution in [2.24, 2.45) is 5.92 Å². The Labute approximate surface area is 134 Å². The molecule has 124 valence electrons. The molecule has 1 rings (SSSR count). The van der Waals surface area contributed by atoms with Crippen LogP contribution in [0.5, 0.6) is 0 Å². The molecule has 0 atom stereocenters. The average molecular weight is 320 g/mol. The summed E-state index contributed by atoms with van der Waals surface area (Å²) in [6.07, 6.45) is 7.03. The van der Waals surface area contributed by atoms with Crippen LogP contribution in [0.1, 0.15) is 51.9 Å². The van der Waals surface area contributed by atoms with Gasteiger partial charge in [0.1, 0.15) is 0 Å². The van der Waals surface area contributed by atoms with Crippen molar-refractivity contribution in [1.82, 2.24) is 16.0 Å². The van der Waals surface area contributed by atoms with Gasteiger partial charge in [-0.25, -0.2) is 0 Å². The Hall–Kier alpha value is -0.810. The zero-order chi connectivity index (χ0) is 14.6. The van der Waals surface area contributed by atoms with E-state index in [9.17, 15) is 9.59 Å². The van der Waals surface area contributed by atoms with Crippen LogP contribution >= 0.6 is 12.4 Å². The monoisotopic (exact) mass is 319 g/mol. The number of carbonyl (C=O) groups excluding carboxylic acids is 2. The third kappa shape index (κ3) is 9.69. The van der Waals surface area contributed by atoms with Crippen molar-refractivity contribution < 1.29 is 9.59 Å². The Morgan fingerprint density at radius 1 is 0.952 bits per heavy atom. The summed E-state index contributed by atoms with van der Waals surface area (Å²) < 4.78 is 0. The SMILES string of the molecule is CCCNCCNC(=O)CCNC(=O)C1CCCCC1.Cl. The Bertz CT molecular complexity index is 295. The predicted octanol–water partition coefficient (Wildman–Crippen LogP) is 1.61. The normalized spacial score (nSPS) is 15.1. The molecule has 0 radical (unpaired) electrons. The van der Waals surface area contributed by atoms with Gasteiger partial charge in [0.05, 0.1) is 0 Å². The highest BCUT2D eigenvalue weighted by molar-refractivity contribution is 5.85. The van der Waals surface area contributed by atoms with E-state index in [0.717, 1.165) is 45.2 Å². The van der Waals surface area contributed by atoms with Crippen molar-refractivity contribution >= 4 is 24.2 Å². The number of carbonyl (C=O) groups is 2. The fourth-order valence-electron chi connectivity index (χ4n) is 2.49. The van der Waals surface area contributed by atoms with E-state index in [-0.39, 0.29) is 30.1 Å². The summed E-state index contributed by atoms with van der Waals surface area (Å²) >= 11 is 0. The van der Waals surface area contributed by atoms with E-state index in [1.54, 1.807) is 0 Å². The minimum atomic E-state index is 0. The van der Waals surface area contributed by atoms with Gasteiger partial charge in [-0.2, -0.15) is 0 Å². The summed E-state index contributed by atoms with van der Waals surface area (Å²) in [4.78, 5) is 23.4. The van der Waals surface area contributed by atoms with Crippen molar-refractivity contribution in [3.63, 3.8) is 0 Å². The van der Waals surface area contributed by atoms with Crippen LogP contribution in [0.2, 0.25) is 0 Å². The Kier molecular flexibility index (Phi) is 12.4. The molecule has 21 heavy (non-hydrogen) atoms. The van der Waals surface area contributed by atoms with Gasteiger partial charge in [-0.15, -0.1) is 12.4 Å². The molecule has 1 saturated carbocycles. The summed E-state index contributed by atoms with van der Waals surface area (Å²) in [6.45, 7) is 4.99. The lowest BCUT2D eigenvalue weighted by molar-refractivity contribution is -0.126. The predicted molar refractivity (Wildman–Crippen MR) is 87.6 cm³/mol. The van der Waals surface area contributed by atoms with E-state index in [1.807, 2.05) is 0 Å². The standard InChI is InChI=1S/C15H29N3O2.ClH/c1-2-9-16-11-12-17-14(19)8-10-18-15(20)13-6-4-3-5-7-13;/h13,16H,2-12H2,1H3,(H,17,19)(H,18,20);1H. The topological polar surface area (TPSA) is 70.2 Å². The van der Waals surface area contributed by atoms with Gasteiger partial charge in [0, 0.05) is 32.0 Å². The van der Waals surface area contributed by atoms with Crippen LogP contribution in [0, 0.1) is 5.92 Å². The third-order valence-corrected chi connectivity index (χ3v) is 3.68. The van der Waals surface area contributed by atoms with Crippen molar-refractivity contribution in [1.29, 1.82) is 0 Å². The minimum absolute atomic E-state index is 0. The van der Waals surface area contributed by atoms with Gasteiger partial charge >= 0.3 is 0 Å². The van der Waals surface area contributed by atoms with Gasteiger partial charge in [-0.3, -0.25) is 9.59 Å². The number of hydrogen-bond donors (Lipinski definition) is 3. The van der Waals surface area contributed by atoms with E-state index >= 15 is 0 Å². The van der Waals surface area contributed by atoms with Crippen LogP contribution in [0.25, 0.3) is 0 Å². The number of hydrogen-bond acceptors (Lipinski definition) is 3. The molecular weight excluding hydrogens is 290 g/mol. The molecule has 0 aromatic carbocycles. The van der Waals surface area contributed by atoms with E-state index < -0.39 is 0 Å². The lowest BCUT2D eigenvalue weighted by Gasteiger charge is -2.20. The molecule has 6 heteroatoms. The summed E-state index contributed by atoms with van der Waals surface area (Å²) in [7, 11) is 0. The lowest BCUT2D eigenvalue weighted by Crippen LogP contribution is -2.36. The van der Waals surface area contributed by atoms with Crippen molar-refractivity contribution in [3.05, 3.63) is 0 Å². The highest BCUT2D eigenvalue weighted by Gasteiger charge is 2.20. The molecular formula is C15H30ClN3O2. The summed E-state index contributed by atoms with van der Waals surface area (Å²) in [5.74, 6) is 0.305. The molecule has 0 saturated heterocycles. The van der Waals surface area contributed by atoms with Crippen LogP contribution in [-0.4, -0.2) is 38.0 Å². The van der Waals surface area contributed by atoms with Crippen LogP contribution in [-0.2, 0) is 9.59 Å². The Balaban J connectivity index is 0.00000400. The van der Waals surface area contributed by atoms with Crippen LogP contribution < -0.4 is 16.0 Å². The number of amides is 2. The molecule has 1 aliphatic rings. The fourth-order valence-corrected chi connectivity index (χ4v) is 2.49. The van der Waals surface area contributed by atoms with Crippen molar-refractivity contribution in [2.75, 3.05) is 26.2 Å². The highest BCUT2D eigenvalue weighted by atomic mass is 35.5. The zero-order valence-corrected chi connectivity index (χ0v) is 13.9. The van der Waals surface area contributed by atoms with Gasteiger partial charge < -0.3 is 16.0 Å². The minimum Gasteiger partial charge on any atom is -0.355 e. The number of halogens is 1. The van der Waals surface area contributed by atoms with E-state index in [4.69, 9.17) is 0 Å². The first kappa shape index (κ1) is 20.2. The number of nitrogens with one attached hydrogen (secondary N) is 3. The third-order valence-electron chi connectivity index (χ3n) is 3.68. The second-order valence-corrected chi connectivity index (χ2v) is 5.48. The van der Waals surface area contributed by atoms with Crippen LogP contribution in [0.15, 0.2) is 0 Å². The second-order valence-electron chi connectivity index (χ2n) is 5.48. The number of rotatable bonds is 9. The molecule has 0 aliphatic heterocycles. The Morgan fingerprint density at radius 2 is 1.67 bits per heavy atom. The maximum absolute atomic E-state index is 11.9. The van der Waals surface area contributed by atoms with Gasteiger partial charge in [0.25, 0.3) is 0 Å². The molecule has 0 aromatic heterocycles. The largest absolute Gasteiger partial charge is 0.355 e. The maximum atomic E-state index is 11.9. The van der Waals surface area contributed by atoms with Gasteiger partial charge in [-0.05, 0) is 25.8 Å².